The van der Waals surface area contributed by atoms with E-state index in [1.165, 1.54) is 18.9 Å². The van der Waals surface area contributed by atoms with Gasteiger partial charge in [-0.15, -0.1) is 0 Å². The van der Waals surface area contributed by atoms with Crippen LogP contribution in [0.25, 0.3) is 0 Å². The average molecular weight is 351 g/mol. The minimum Gasteiger partial charge on any atom is -0.383 e. The Kier molecular flexibility index (Phi) is 4.96. The second-order valence-electron chi connectivity index (χ2n) is 5.20. The molecule has 0 spiro atoms. The Morgan fingerprint density at radius 2 is 2.10 bits per heavy atom. The lowest BCUT2D eigenvalue weighted by Crippen LogP contribution is -2.40. The minimum atomic E-state index is -4.31. The Balaban J connectivity index is 2.05. The van der Waals surface area contributed by atoms with Crippen molar-refractivity contribution in [2.75, 3.05) is 25.5 Å². The van der Waals surface area contributed by atoms with Gasteiger partial charge in [0.2, 0.25) is 0 Å². The Morgan fingerprint density at radius 1 is 1.35 bits per heavy atom. The van der Waals surface area contributed by atoms with Crippen LogP contribution in [-0.4, -0.2) is 31.1 Å². The van der Waals surface area contributed by atoms with Crippen molar-refractivity contribution in [2.24, 2.45) is 0 Å². The van der Waals surface area contributed by atoms with Crippen molar-refractivity contribution < 1.29 is 13.2 Å². The molecule has 1 saturated heterocycles. The zero-order chi connectivity index (χ0) is 14.8. The fraction of sp³-hybridized carbons (Fsp3) is 0.571. The van der Waals surface area contributed by atoms with E-state index >= 15 is 0 Å². The predicted octanol–water partition coefficient (Wildman–Crippen LogP) is 4.36. The Morgan fingerprint density at radius 3 is 2.75 bits per heavy atom. The Labute approximate surface area is 125 Å². The molecule has 0 aliphatic carbocycles. The lowest BCUT2D eigenvalue weighted by atomic mass is 10.0. The van der Waals surface area contributed by atoms with Crippen LogP contribution in [0.5, 0.6) is 0 Å². The molecular formula is C14H18BrF3N2. The van der Waals surface area contributed by atoms with E-state index in [1.54, 1.807) is 0 Å². The molecule has 0 saturated carbocycles. The molecule has 1 N–H and O–H groups in total. The van der Waals surface area contributed by atoms with E-state index in [4.69, 9.17) is 0 Å². The van der Waals surface area contributed by atoms with Gasteiger partial charge in [0.15, 0.2) is 0 Å². The molecule has 1 atom stereocenters. The SMILES string of the molecule is CN1CCCCC1CNc1cc(C(F)(F)F)ccc1Br. The van der Waals surface area contributed by atoms with Gasteiger partial charge in [-0.3, -0.25) is 0 Å². The van der Waals surface area contributed by atoms with E-state index in [-0.39, 0.29) is 0 Å². The van der Waals surface area contributed by atoms with E-state index in [2.05, 4.69) is 33.2 Å². The number of rotatable bonds is 3. The van der Waals surface area contributed by atoms with Gasteiger partial charge in [0.1, 0.15) is 0 Å². The van der Waals surface area contributed by atoms with Crippen molar-refractivity contribution in [2.45, 2.75) is 31.5 Å². The van der Waals surface area contributed by atoms with Gasteiger partial charge in [0, 0.05) is 22.7 Å². The molecule has 2 nitrogen and oxygen atoms in total. The third-order valence-electron chi connectivity index (χ3n) is 3.74. The fourth-order valence-electron chi connectivity index (χ4n) is 2.47. The van der Waals surface area contributed by atoms with Crippen LogP contribution in [0.2, 0.25) is 0 Å². The summed E-state index contributed by atoms with van der Waals surface area (Å²) in [6.45, 7) is 1.71. The van der Waals surface area contributed by atoms with Gasteiger partial charge in [-0.05, 0) is 60.6 Å². The lowest BCUT2D eigenvalue weighted by Gasteiger charge is -2.32. The van der Waals surface area contributed by atoms with Gasteiger partial charge in [-0.2, -0.15) is 13.2 Å². The van der Waals surface area contributed by atoms with Crippen LogP contribution < -0.4 is 5.32 Å². The molecule has 6 heteroatoms. The van der Waals surface area contributed by atoms with Crippen molar-refractivity contribution in [1.29, 1.82) is 0 Å². The number of nitrogens with zero attached hydrogens (tertiary/aromatic N) is 1. The molecule has 2 rings (SSSR count). The highest BCUT2D eigenvalue weighted by atomic mass is 79.9. The molecule has 1 aromatic carbocycles. The van der Waals surface area contributed by atoms with Gasteiger partial charge in [0.25, 0.3) is 0 Å². The quantitative estimate of drug-likeness (QED) is 0.870. The molecule has 20 heavy (non-hydrogen) atoms. The van der Waals surface area contributed by atoms with Gasteiger partial charge in [-0.1, -0.05) is 6.42 Å². The summed E-state index contributed by atoms with van der Waals surface area (Å²) in [6.07, 6.45) is -0.848. The molecular weight excluding hydrogens is 333 g/mol. The maximum atomic E-state index is 12.7. The molecule has 1 heterocycles. The van der Waals surface area contributed by atoms with E-state index < -0.39 is 11.7 Å². The smallest absolute Gasteiger partial charge is 0.383 e. The minimum absolute atomic E-state index is 0.380. The first kappa shape index (κ1) is 15.6. The van der Waals surface area contributed by atoms with Crippen molar-refractivity contribution in [1.82, 2.24) is 4.90 Å². The highest BCUT2D eigenvalue weighted by molar-refractivity contribution is 9.10. The topological polar surface area (TPSA) is 15.3 Å². The van der Waals surface area contributed by atoms with Crippen molar-refractivity contribution >= 4 is 21.6 Å². The number of likely N-dealkylation sites (tertiary alicyclic amines) is 1. The number of benzene rings is 1. The van der Waals surface area contributed by atoms with Gasteiger partial charge in [0.05, 0.1) is 5.56 Å². The highest BCUT2D eigenvalue weighted by Gasteiger charge is 2.31. The molecule has 1 fully saturated rings. The van der Waals surface area contributed by atoms with E-state index in [9.17, 15) is 13.2 Å². The monoisotopic (exact) mass is 350 g/mol. The number of nitrogens with one attached hydrogen (secondary N) is 1. The number of hydrogen-bond acceptors (Lipinski definition) is 2. The first-order valence-corrected chi connectivity index (χ1v) is 7.48. The van der Waals surface area contributed by atoms with Crippen LogP contribution in [0.1, 0.15) is 24.8 Å². The number of piperidine rings is 1. The van der Waals surface area contributed by atoms with Crippen LogP contribution in [-0.2, 0) is 6.18 Å². The molecule has 0 bridgehead atoms. The largest absolute Gasteiger partial charge is 0.416 e. The van der Waals surface area contributed by atoms with Crippen LogP contribution in [0.3, 0.4) is 0 Å². The highest BCUT2D eigenvalue weighted by Crippen LogP contribution is 2.34. The zero-order valence-corrected chi connectivity index (χ0v) is 12.9. The number of likely N-dealkylation sites (N-methyl/N-ethyl adjacent to an activating group) is 1. The van der Waals surface area contributed by atoms with E-state index in [0.29, 0.717) is 22.7 Å². The first-order valence-electron chi connectivity index (χ1n) is 6.69. The van der Waals surface area contributed by atoms with Gasteiger partial charge >= 0.3 is 6.18 Å². The van der Waals surface area contributed by atoms with Crippen molar-refractivity contribution in [3.63, 3.8) is 0 Å². The number of hydrogen-bond donors (Lipinski definition) is 1. The van der Waals surface area contributed by atoms with Crippen LogP contribution >= 0.6 is 15.9 Å². The maximum absolute atomic E-state index is 12.7. The normalized spacial score (nSPS) is 20.9. The summed E-state index contributed by atoms with van der Waals surface area (Å²) >= 11 is 3.29. The van der Waals surface area contributed by atoms with Gasteiger partial charge < -0.3 is 10.2 Å². The summed E-state index contributed by atoms with van der Waals surface area (Å²) < 4.78 is 38.8. The summed E-state index contributed by atoms with van der Waals surface area (Å²) in [5.74, 6) is 0. The van der Waals surface area contributed by atoms with Crippen LogP contribution in [0.4, 0.5) is 18.9 Å². The number of anilines is 1. The average Bonchev–Trinajstić information content (AvgIpc) is 2.38. The number of halogens is 4. The first-order chi connectivity index (χ1) is 9.38. The summed E-state index contributed by atoms with van der Waals surface area (Å²) in [7, 11) is 2.06. The maximum Gasteiger partial charge on any atom is 0.416 e. The third-order valence-corrected chi connectivity index (χ3v) is 4.43. The van der Waals surface area contributed by atoms with Crippen LogP contribution in [0.15, 0.2) is 22.7 Å². The van der Waals surface area contributed by atoms with E-state index in [0.717, 1.165) is 25.1 Å². The summed E-state index contributed by atoms with van der Waals surface area (Å²) in [5.41, 5.74) is -0.126. The molecule has 0 aromatic heterocycles. The van der Waals surface area contributed by atoms with Crippen LogP contribution in [0, 0.1) is 0 Å². The Bertz CT molecular complexity index is 462. The standard InChI is InChI=1S/C14H18BrF3N2/c1-20-7-3-2-4-11(20)9-19-13-8-10(14(16,17)18)5-6-12(13)15/h5-6,8,11,19H,2-4,7,9H2,1H3. The fourth-order valence-corrected chi connectivity index (χ4v) is 2.85. The zero-order valence-electron chi connectivity index (χ0n) is 11.3. The van der Waals surface area contributed by atoms with Crippen molar-refractivity contribution in [3.8, 4) is 0 Å². The molecule has 1 aliphatic rings. The molecule has 0 amide bonds. The second-order valence-corrected chi connectivity index (χ2v) is 6.06. The molecule has 0 radical (unpaired) electrons. The third kappa shape index (κ3) is 3.88. The molecule has 112 valence electrons. The summed E-state index contributed by atoms with van der Waals surface area (Å²) in [4.78, 5) is 2.26. The second kappa shape index (κ2) is 6.35. The predicted molar refractivity (Wildman–Crippen MR) is 77.9 cm³/mol. The lowest BCUT2D eigenvalue weighted by molar-refractivity contribution is -0.137. The molecule has 1 aliphatic heterocycles. The number of alkyl halides is 3. The Hall–Kier alpha value is -0.750. The summed E-state index contributed by atoms with van der Waals surface area (Å²) in [5, 5.41) is 3.14. The molecule has 1 unspecified atom stereocenters. The van der Waals surface area contributed by atoms with Crippen molar-refractivity contribution in [3.05, 3.63) is 28.2 Å². The summed E-state index contributed by atoms with van der Waals surface area (Å²) in [6, 6.07) is 4.06. The van der Waals surface area contributed by atoms with E-state index in [1.807, 2.05) is 0 Å². The molecule has 1 aromatic rings. The van der Waals surface area contributed by atoms with Gasteiger partial charge in [-0.25, -0.2) is 0 Å².